The number of ether oxygens (including phenoxy) is 1. The lowest BCUT2D eigenvalue weighted by Crippen LogP contribution is -2.26. The van der Waals surface area contributed by atoms with Crippen molar-refractivity contribution in [3.63, 3.8) is 0 Å². The van der Waals surface area contributed by atoms with Crippen LogP contribution in [-0.2, 0) is 13.1 Å². The molecule has 6 heteroatoms. The van der Waals surface area contributed by atoms with Crippen LogP contribution in [0.25, 0.3) is 0 Å². The van der Waals surface area contributed by atoms with Crippen LogP contribution in [0.2, 0.25) is 0 Å². The Labute approximate surface area is 132 Å². The number of halogens is 1. The first-order chi connectivity index (χ1) is 10.0. The van der Waals surface area contributed by atoms with Gasteiger partial charge in [-0.25, -0.2) is 0 Å². The standard InChI is InChI=1S/C15H18BrN3O2/c1-4-19-9-13(16)14(17-19)10-18(2)15(20)11-6-5-7-12(8-11)21-3/h5-9H,4,10H2,1-3H3. The summed E-state index contributed by atoms with van der Waals surface area (Å²) in [6.45, 7) is 3.27. The van der Waals surface area contributed by atoms with Crippen LogP contribution in [-0.4, -0.2) is 34.7 Å². The van der Waals surface area contributed by atoms with Crippen LogP contribution in [0.15, 0.2) is 34.9 Å². The van der Waals surface area contributed by atoms with Gasteiger partial charge in [0.2, 0.25) is 0 Å². The number of carbonyl (C=O) groups is 1. The van der Waals surface area contributed by atoms with Gasteiger partial charge in [0.15, 0.2) is 0 Å². The van der Waals surface area contributed by atoms with E-state index in [-0.39, 0.29) is 5.91 Å². The molecule has 0 bridgehead atoms. The van der Waals surface area contributed by atoms with Crippen LogP contribution in [0, 0.1) is 0 Å². The molecule has 112 valence electrons. The zero-order valence-corrected chi connectivity index (χ0v) is 13.9. The Morgan fingerprint density at radius 2 is 2.24 bits per heavy atom. The van der Waals surface area contributed by atoms with Gasteiger partial charge in [-0.2, -0.15) is 5.10 Å². The first-order valence-electron chi connectivity index (χ1n) is 6.66. The summed E-state index contributed by atoms with van der Waals surface area (Å²) >= 11 is 3.47. The highest BCUT2D eigenvalue weighted by atomic mass is 79.9. The summed E-state index contributed by atoms with van der Waals surface area (Å²) in [6, 6.07) is 7.14. The molecule has 1 aromatic carbocycles. The Bertz CT molecular complexity index is 640. The van der Waals surface area contributed by atoms with E-state index < -0.39 is 0 Å². The van der Waals surface area contributed by atoms with Crippen molar-refractivity contribution in [2.45, 2.75) is 20.0 Å². The molecular weight excluding hydrogens is 334 g/mol. The van der Waals surface area contributed by atoms with Crippen LogP contribution in [0.1, 0.15) is 23.0 Å². The molecule has 0 aliphatic carbocycles. The van der Waals surface area contributed by atoms with Gasteiger partial charge in [0.05, 0.1) is 23.8 Å². The van der Waals surface area contributed by atoms with Gasteiger partial charge in [0, 0.05) is 25.4 Å². The van der Waals surface area contributed by atoms with Gasteiger partial charge in [-0.1, -0.05) is 6.07 Å². The van der Waals surface area contributed by atoms with Crippen LogP contribution >= 0.6 is 15.9 Å². The molecule has 0 aliphatic heterocycles. The molecule has 0 atom stereocenters. The van der Waals surface area contributed by atoms with Crippen molar-refractivity contribution in [2.24, 2.45) is 0 Å². The molecule has 0 radical (unpaired) electrons. The molecule has 0 saturated carbocycles. The maximum absolute atomic E-state index is 12.4. The number of hydrogen-bond donors (Lipinski definition) is 0. The topological polar surface area (TPSA) is 47.4 Å². The third-order valence-electron chi connectivity index (χ3n) is 3.16. The molecule has 0 aliphatic rings. The fourth-order valence-electron chi connectivity index (χ4n) is 1.98. The van der Waals surface area contributed by atoms with Crippen molar-refractivity contribution < 1.29 is 9.53 Å². The van der Waals surface area contributed by atoms with Gasteiger partial charge >= 0.3 is 0 Å². The van der Waals surface area contributed by atoms with Crippen molar-refractivity contribution in [2.75, 3.05) is 14.2 Å². The van der Waals surface area contributed by atoms with Crippen LogP contribution in [0.3, 0.4) is 0 Å². The predicted octanol–water partition coefficient (Wildman–Crippen LogP) is 2.95. The smallest absolute Gasteiger partial charge is 0.254 e. The number of nitrogens with zero attached hydrogens (tertiary/aromatic N) is 3. The molecule has 0 unspecified atom stereocenters. The maximum atomic E-state index is 12.4. The lowest BCUT2D eigenvalue weighted by Gasteiger charge is -2.16. The average molecular weight is 352 g/mol. The highest BCUT2D eigenvalue weighted by molar-refractivity contribution is 9.10. The van der Waals surface area contributed by atoms with E-state index in [1.54, 1.807) is 31.2 Å². The van der Waals surface area contributed by atoms with E-state index in [2.05, 4.69) is 21.0 Å². The summed E-state index contributed by atoms with van der Waals surface area (Å²) in [5.74, 6) is 0.609. The molecule has 2 aromatic rings. The zero-order valence-electron chi connectivity index (χ0n) is 12.3. The molecule has 0 N–H and O–H groups in total. The molecule has 1 heterocycles. The van der Waals surface area contributed by atoms with E-state index >= 15 is 0 Å². The first kappa shape index (κ1) is 15.6. The summed E-state index contributed by atoms with van der Waals surface area (Å²) in [4.78, 5) is 14.1. The van der Waals surface area contributed by atoms with Crippen molar-refractivity contribution in [1.29, 1.82) is 0 Å². The SMILES string of the molecule is CCn1cc(Br)c(CN(C)C(=O)c2cccc(OC)c2)n1. The molecule has 2 rings (SSSR count). The summed E-state index contributed by atoms with van der Waals surface area (Å²) < 4.78 is 7.89. The van der Waals surface area contributed by atoms with Crippen molar-refractivity contribution in [1.82, 2.24) is 14.7 Å². The molecule has 1 aromatic heterocycles. The fourth-order valence-corrected chi connectivity index (χ4v) is 2.42. The predicted molar refractivity (Wildman–Crippen MR) is 84.4 cm³/mol. The Morgan fingerprint density at radius 1 is 1.48 bits per heavy atom. The van der Waals surface area contributed by atoms with Gasteiger partial charge in [-0.15, -0.1) is 0 Å². The Morgan fingerprint density at radius 3 is 2.86 bits per heavy atom. The lowest BCUT2D eigenvalue weighted by molar-refractivity contribution is 0.0782. The van der Waals surface area contributed by atoms with E-state index in [1.807, 2.05) is 29.9 Å². The largest absolute Gasteiger partial charge is 0.497 e. The number of benzene rings is 1. The summed E-state index contributed by atoms with van der Waals surface area (Å²) in [5.41, 5.74) is 1.44. The number of aromatic nitrogens is 2. The van der Waals surface area contributed by atoms with Crippen molar-refractivity contribution >= 4 is 21.8 Å². The maximum Gasteiger partial charge on any atom is 0.254 e. The second-order valence-electron chi connectivity index (χ2n) is 4.67. The molecule has 21 heavy (non-hydrogen) atoms. The van der Waals surface area contributed by atoms with E-state index in [4.69, 9.17) is 4.74 Å². The third-order valence-corrected chi connectivity index (χ3v) is 3.82. The van der Waals surface area contributed by atoms with Gasteiger partial charge < -0.3 is 9.64 Å². The fraction of sp³-hybridized carbons (Fsp3) is 0.333. The van der Waals surface area contributed by atoms with E-state index in [0.717, 1.165) is 16.7 Å². The normalized spacial score (nSPS) is 10.5. The van der Waals surface area contributed by atoms with Crippen molar-refractivity contribution in [3.8, 4) is 5.75 Å². The monoisotopic (exact) mass is 351 g/mol. The summed E-state index contributed by atoms with van der Waals surface area (Å²) in [5, 5.41) is 4.43. The number of amides is 1. The number of aryl methyl sites for hydroxylation is 1. The minimum absolute atomic E-state index is 0.0631. The van der Waals surface area contributed by atoms with Gasteiger partial charge in [0.25, 0.3) is 5.91 Å². The Balaban J connectivity index is 2.13. The lowest BCUT2D eigenvalue weighted by atomic mass is 10.2. The van der Waals surface area contributed by atoms with Crippen LogP contribution in [0.5, 0.6) is 5.75 Å². The highest BCUT2D eigenvalue weighted by Gasteiger charge is 2.16. The Kier molecular flexibility index (Phi) is 5.01. The van der Waals surface area contributed by atoms with Crippen LogP contribution < -0.4 is 4.74 Å². The second-order valence-corrected chi connectivity index (χ2v) is 5.53. The number of carbonyl (C=O) groups excluding carboxylic acids is 1. The average Bonchev–Trinajstić information content (AvgIpc) is 2.86. The number of rotatable bonds is 5. The number of methoxy groups -OCH3 is 1. The summed E-state index contributed by atoms with van der Waals surface area (Å²) in [6.07, 6.45) is 1.92. The van der Waals surface area contributed by atoms with E-state index in [9.17, 15) is 4.79 Å². The minimum Gasteiger partial charge on any atom is -0.497 e. The molecule has 1 amide bonds. The molecular formula is C15H18BrN3O2. The quantitative estimate of drug-likeness (QED) is 0.831. The summed E-state index contributed by atoms with van der Waals surface area (Å²) in [7, 11) is 3.35. The highest BCUT2D eigenvalue weighted by Crippen LogP contribution is 2.18. The second kappa shape index (κ2) is 6.76. The molecule has 0 fully saturated rings. The van der Waals surface area contributed by atoms with E-state index in [0.29, 0.717) is 17.9 Å². The minimum atomic E-state index is -0.0631. The molecule has 0 spiro atoms. The van der Waals surface area contributed by atoms with Gasteiger partial charge in [-0.3, -0.25) is 9.48 Å². The van der Waals surface area contributed by atoms with E-state index in [1.165, 1.54) is 0 Å². The molecule has 5 nitrogen and oxygen atoms in total. The van der Waals surface area contributed by atoms with Gasteiger partial charge in [-0.05, 0) is 41.1 Å². The molecule has 0 saturated heterocycles. The first-order valence-corrected chi connectivity index (χ1v) is 7.45. The van der Waals surface area contributed by atoms with Gasteiger partial charge in [0.1, 0.15) is 5.75 Å². The van der Waals surface area contributed by atoms with Crippen molar-refractivity contribution in [3.05, 3.63) is 46.2 Å². The number of hydrogen-bond acceptors (Lipinski definition) is 3. The third kappa shape index (κ3) is 3.64. The van der Waals surface area contributed by atoms with Crippen LogP contribution in [0.4, 0.5) is 0 Å². The zero-order chi connectivity index (χ0) is 15.4. The Hall–Kier alpha value is -1.82.